The van der Waals surface area contributed by atoms with Crippen molar-refractivity contribution in [2.45, 2.75) is 24.3 Å². The summed E-state index contributed by atoms with van der Waals surface area (Å²) in [6.07, 6.45) is 2.42. The molecule has 1 aliphatic rings. The summed E-state index contributed by atoms with van der Waals surface area (Å²) in [6.45, 7) is 0.992. The molecule has 1 saturated carbocycles. The van der Waals surface area contributed by atoms with Gasteiger partial charge in [0.25, 0.3) is 0 Å². The Morgan fingerprint density at radius 2 is 2.15 bits per heavy atom. The molecule has 1 fully saturated rings. The van der Waals surface area contributed by atoms with Gasteiger partial charge in [0.15, 0.2) is 0 Å². The van der Waals surface area contributed by atoms with E-state index in [4.69, 9.17) is 21.4 Å². The molecule has 1 aromatic carbocycles. The summed E-state index contributed by atoms with van der Waals surface area (Å²) in [5.41, 5.74) is 0.388. The fourth-order valence-electron chi connectivity index (χ4n) is 1.71. The highest BCUT2D eigenvalue weighted by molar-refractivity contribution is 7.89. The van der Waals surface area contributed by atoms with Crippen molar-refractivity contribution >= 4 is 21.6 Å². The second-order valence-electron chi connectivity index (χ2n) is 4.83. The van der Waals surface area contributed by atoms with Crippen LogP contribution in [0.4, 0.5) is 0 Å². The predicted molar refractivity (Wildman–Crippen MR) is 76.1 cm³/mol. The fourth-order valence-corrected chi connectivity index (χ4v) is 2.95. The minimum absolute atomic E-state index is 0.0909. The quantitative estimate of drug-likeness (QED) is 0.713. The maximum absolute atomic E-state index is 12.0. The lowest BCUT2D eigenvalue weighted by Gasteiger charge is -2.09. The van der Waals surface area contributed by atoms with Crippen LogP contribution in [0.5, 0.6) is 0 Å². The standard InChI is InChI=1S/C13H18ClNO4S/c14-13-4-3-12(7-11(13)8-16)20(17,18)15-5-6-19-9-10-1-2-10/h3-4,7,10,15-16H,1-2,5-6,8-9H2. The summed E-state index contributed by atoms with van der Waals surface area (Å²) in [5.74, 6) is 0.662. The molecule has 0 aromatic heterocycles. The fraction of sp³-hybridized carbons (Fsp3) is 0.538. The topological polar surface area (TPSA) is 75.6 Å². The van der Waals surface area contributed by atoms with Gasteiger partial charge in [0.1, 0.15) is 0 Å². The first-order chi connectivity index (χ1) is 9.53. The zero-order chi connectivity index (χ0) is 14.6. The van der Waals surface area contributed by atoms with Crippen molar-refractivity contribution in [2.75, 3.05) is 19.8 Å². The SMILES string of the molecule is O=S(=O)(NCCOCC1CC1)c1ccc(Cl)c(CO)c1. The summed E-state index contributed by atoms with van der Waals surface area (Å²) in [7, 11) is -3.59. The molecular formula is C13H18ClNO4S. The molecule has 0 saturated heterocycles. The normalized spacial score (nSPS) is 15.5. The van der Waals surface area contributed by atoms with Crippen LogP contribution in [-0.2, 0) is 21.4 Å². The van der Waals surface area contributed by atoms with Crippen LogP contribution >= 0.6 is 11.6 Å². The Morgan fingerprint density at radius 1 is 1.40 bits per heavy atom. The Hall–Kier alpha value is -0.660. The van der Waals surface area contributed by atoms with Gasteiger partial charge in [-0.25, -0.2) is 13.1 Å². The van der Waals surface area contributed by atoms with E-state index in [1.807, 2.05) is 0 Å². The van der Waals surface area contributed by atoms with Gasteiger partial charge in [-0.3, -0.25) is 0 Å². The second-order valence-corrected chi connectivity index (χ2v) is 7.00. The van der Waals surface area contributed by atoms with Crippen molar-refractivity contribution in [1.82, 2.24) is 4.72 Å². The van der Waals surface area contributed by atoms with Crippen LogP contribution < -0.4 is 4.72 Å². The average Bonchev–Trinajstić information content (AvgIpc) is 3.22. The number of rotatable bonds is 8. The van der Waals surface area contributed by atoms with Crippen LogP contribution in [0.2, 0.25) is 5.02 Å². The summed E-state index contributed by atoms with van der Waals surface area (Å²) in [4.78, 5) is 0.0909. The summed E-state index contributed by atoms with van der Waals surface area (Å²) >= 11 is 5.83. The first kappa shape index (κ1) is 15.7. The predicted octanol–water partition coefficient (Wildman–Crippen LogP) is 1.54. The summed E-state index contributed by atoms with van der Waals surface area (Å²) < 4.78 is 31.9. The van der Waals surface area contributed by atoms with Crippen molar-refractivity contribution in [3.05, 3.63) is 28.8 Å². The molecule has 0 aliphatic heterocycles. The van der Waals surface area contributed by atoms with Gasteiger partial charge in [0, 0.05) is 18.2 Å². The molecule has 0 radical (unpaired) electrons. The average molecular weight is 320 g/mol. The van der Waals surface area contributed by atoms with Crippen LogP contribution in [0.15, 0.2) is 23.1 Å². The van der Waals surface area contributed by atoms with E-state index >= 15 is 0 Å². The number of nitrogens with one attached hydrogen (secondary N) is 1. The molecule has 0 heterocycles. The lowest BCUT2D eigenvalue weighted by molar-refractivity contribution is 0.129. The van der Waals surface area contributed by atoms with Gasteiger partial charge in [0.2, 0.25) is 10.0 Å². The summed E-state index contributed by atoms with van der Waals surface area (Å²) in [6, 6.07) is 4.25. The molecule has 7 heteroatoms. The van der Waals surface area contributed by atoms with Crippen LogP contribution in [0.1, 0.15) is 18.4 Å². The van der Waals surface area contributed by atoms with E-state index in [0.29, 0.717) is 29.7 Å². The molecule has 5 nitrogen and oxygen atoms in total. The minimum Gasteiger partial charge on any atom is -0.392 e. The zero-order valence-electron chi connectivity index (χ0n) is 11.0. The molecule has 0 spiro atoms. The molecule has 112 valence electrons. The number of ether oxygens (including phenoxy) is 1. The van der Waals surface area contributed by atoms with Gasteiger partial charge in [0.05, 0.1) is 18.1 Å². The molecule has 0 bridgehead atoms. The minimum atomic E-state index is -3.59. The highest BCUT2D eigenvalue weighted by Crippen LogP contribution is 2.28. The van der Waals surface area contributed by atoms with Crippen molar-refractivity contribution in [2.24, 2.45) is 5.92 Å². The summed E-state index contributed by atoms with van der Waals surface area (Å²) in [5, 5.41) is 9.44. The van der Waals surface area contributed by atoms with Crippen LogP contribution in [0.3, 0.4) is 0 Å². The van der Waals surface area contributed by atoms with E-state index in [0.717, 1.165) is 0 Å². The van der Waals surface area contributed by atoms with Crippen molar-refractivity contribution in [3.8, 4) is 0 Å². The monoisotopic (exact) mass is 319 g/mol. The number of sulfonamides is 1. The Kier molecular flexibility index (Phi) is 5.40. The van der Waals surface area contributed by atoms with E-state index in [-0.39, 0.29) is 18.0 Å². The molecule has 0 unspecified atom stereocenters. The zero-order valence-corrected chi connectivity index (χ0v) is 12.6. The smallest absolute Gasteiger partial charge is 0.240 e. The van der Waals surface area contributed by atoms with Gasteiger partial charge in [-0.1, -0.05) is 11.6 Å². The van der Waals surface area contributed by atoms with Crippen molar-refractivity contribution in [1.29, 1.82) is 0 Å². The number of aliphatic hydroxyl groups is 1. The number of halogens is 1. The molecule has 20 heavy (non-hydrogen) atoms. The largest absolute Gasteiger partial charge is 0.392 e. The number of hydrogen-bond acceptors (Lipinski definition) is 4. The Morgan fingerprint density at radius 3 is 2.80 bits per heavy atom. The highest BCUT2D eigenvalue weighted by atomic mass is 35.5. The van der Waals surface area contributed by atoms with E-state index in [1.165, 1.54) is 31.0 Å². The highest BCUT2D eigenvalue weighted by Gasteiger charge is 2.21. The van der Waals surface area contributed by atoms with Gasteiger partial charge in [-0.15, -0.1) is 0 Å². The van der Waals surface area contributed by atoms with E-state index in [1.54, 1.807) is 0 Å². The lowest BCUT2D eigenvalue weighted by atomic mass is 10.2. The van der Waals surface area contributed by atoms with Gasteiger partial charge in [-0.05, 0) is 42.5 Å². The van der Waals surface area contributed by atoms with E-state index in [9.17, 15) is 8.42 Å². The van der Waals surface area contributed by atoms with E-state index in [2.05, 4.69) is 4.72 Å². The second kappa shape index (κ2) is 6.87. The third-order valence-corrected chi connectivity index (χ3v) is 4.91. The third-order valence-electron chi connectivity index (χ3n) is 3.09. The molecule has 1 aliphatic carbocycles. The molecule has 2 N–H and O–H groups in total. The van der Waals surface area contributed by atoms with Crippen LogP contribution in [0, 0.1) is 5.92 Å². The van der Waals surface area contributed by atoms with E-state index < -0.39 is 10.0 Å². The Bertz CT molecular complexity index is 557. The third kappa shape index (κ3) is 4.43. The maximum Gasteiger partial charge on any atom is 0.240 e. The van der Waals surface area contributed by atoms with Crippen LogP contribution in [0.25, 0.3) is 0 Å². The number of hydrogen-bond donors (Lipinski definition) is 2. The van der Waals surface area contributed by atoms with Crippen molar-refractivity contribution < 1.29 is 18.3 Å². The Labute approximate surface area is 124 Å². The van der Waals surface area contributed by atoms with Gasteiger partial charge in [-0.2, -0.15) is 0 Å². The van der Waals surface area contributed by atoms with Crippen molar-refractivity contribution in [3.63, 3.8) is 0 Å². The first-order valence-corrected chi connectivity index (χ1v) is 8.36. The van der Waals surface area contributed by atoms with Gasteiger partial charge >= 0.3 is 0 Å². The number of benzene rings is 1. The number of aliphatic hydroxyl groups excluding tert-OH is 1. The first-order valence-electron chi connectivity index (χ1n) is 6.49. The molecule has 0 atom stereocenters. The maximum atomic E-state index is 12.0. The Balaban J connectivity index is 1.88. The molecule has 2 rings (SSSR count). The van der Waals surface area contributed by atoms with Crippen LogP contribution in [-0.4, -0.2) is 33.3 Å². The van der Waals surface area contributed by atoms with Gasteiger partial charge < -0.3 is 9.84 Å². The molecule has 1 aromatic rings. The molecular weight excluding hydrogens is 302 g/mol. The lowest BCUT2D eigenvalue weighted by Crippen LogP contribution is -2.27. The molecule has 0 amide bonds.